The van der Waals surface area contributed by atoms with Gasteiger partial charge in [0.2, 0.25) is 0 Å². The number of halogens is 2. The Bertz CT molecular complexity index is 1000. The van der Waals surface area contributed by atoms with Crippen LogP contribution in [0.1, 0.15) is 31.2 Å². The zero-order valence-corrected chi connectivity index (χ0v) is 20.1. The van der Waals surface area contributed by atoms with Crippen molar-refractivity contribution in [2.75, 3.05) is 33.1 Å². The summed E-state index contributed by atoms with van der Waals surface area (Å²) >= 11 is 12.2. The largest absolute Gasteiger partial charge is 0.493 e. The van der Waals surface area contributed by atoms with E-state index in [-0.39, 0.29) is 17.5 Å². The number of hydrogen-bond acceptors (Lipinski definition) is 4. The molecule has 1 heterocycles. The molecule has 1 saturated heterocycles. The third-order valence-corrected chi connectivity index (χ3v) is 7.56. The summed E-state index contributed by atoms with van der Waals surface area (Å²) in [6.45, 7) is 1.02. The van der Waals surface area contributed by atoms with Gasteiger partial charge in [0.1, 0.15) is 0 Å². The maximum atomic E-state index is 12.7. The second kappa shape index (κ2) is 9.38. The van der Waals surface area contributed by atoms with Gasteiger partial charge in [-0.3, -0.25) is 0 Å². The zero-order valence-electron chi connectivity index (χ0n) is 18.6. The molecule has 6 nitrogen and oxygen atoms in total. The lowest BCUT2D eigenvalue weighted by Crippen LogP contribution is -2.52. The van der Waals surface area contributed by atoms with Crippen LogP contribution in [0.2, 0.25) is 10.0 Å². The first kappa shape index (κ1) is 23.0. The second-order valence-corrected chi connectivity index (χ2v) is 9.51. The van der Waals surface area contributed by atoms with Gasteiger partial charge in [-0.05, 0) is 75.2 Å². The molecule has 2 fully saturated rings. The van der Waals surface area contributed by atoms with Crippen LogP contribution in [-0.4, -0.2) is 50.8 Å². The molecule has 3 unspecified atom stereocenters. The lowest BCUT2D eigenvalue weighted by Gasteiger charge is -2.45. The van der Waals surface area contributed by atoms with Crippen molar-refractivity contribution in [3.8, 4) is 11.5 Å². The maximum Gasteiger partial charge on any atom is 0.319 e. The molecule has 2 N–H and O–H groups in total. The van der Waals surface area contributed by atoms with Crippen LogP contribution in [0.5, 0.6) is 11.5 Å². The minimum Gasteiger partial charge on any atom is -0.493 e. The Labute approximate surface area is 199 Å². The molecule has 0 spiro atoms. The molecule has 8 heteroatoms. The number of rotatable bonds is 5. The van der Waals surface area contributed by atoms with E-state index in [1.165, 1.54) is 5.56 Å². The fourth-order valence-electron chi connectivity index (χ4n) is 5.33. The van der Waals surface area contributed by atoms with E-state index in [0.717, 1.165) is 43.7 Å². The van der Waals surface area contributed by atoms with Crippen LogP contribution in [0.15, 0.2) is 36.4 Å². The number of hydrogen-bond donors (Lipinski definition) is 2. The average molecular weight is 478 g/mol. The first-order chi connectivity index (χ1) is 15.4. The number of anilines is 1. The molecule has 2 aliphatic rings. The van der Waals surface area contributed by atoms with Crippen molar-refractivity contribution in [2.45, 2.75) is 43.2 Å². The molecule has 4 rings (SSSR count). The van der Waals surface area contributed by atoms with E-state index in [4.69, 9.17) is 32.7 Å². The topological polar surface area (TPSA) is 62.8 Å². The number of methoxy groups -OCH3 is 2. The van der Waals surface area contributed by atoms with E-state index in [1.54, 1.807) is 32.4 Å². The van der Waals surface area contributed by atoms with Gasteiger partial charge in [0.15, 0.2) is 11.5 Å². The third kappa shape index (κ3) is 4.36. The van der Waals surface area contributed by atoms with E-state index in [0.29, 0.717) is 21.8 Å². The highest BCUT2D eigenvalue weighted by molar-refractivity contribution is 6.35. The summed E-state index contributed by atoms with van der Waals surface area (Å²) in [7, 11) is 5.49. The monoisotopic (exact) mass is 477 g/mol. The molecule has 32 heavy (non-hydrogen) atoms. The number of nitrogens with zero attached hydrogens (tertiary/aromatic N) is 1. The normalized spacial score (nSPS) is 25.2. The van der Waals surface area contributed by atoms with Crippen molar-refractivity contribution in [2.24, 2.45) is 0 Å². The molecule has 2 aromatic rings. The van der Waals surface area contributed by atoms with Crippen LogP contribution in [0, 0.1) is 0 Å². The molecular formula is C24H29Cl2N3O3. The fraction of sp³-hybridized carbons (Fsp3) is 0.458. The number of ether oxygens (including phenoxy) is 2. The summed E-state index contributed by atoms with van der Waals surface area (Å²) in [5, 5.41) is 6.94. The average Bonchev–Trinajstić information content (AvgIpc) is 3.13. The summed E-state index contributed by atoms with van der Waals surface area (Å²) < 4.78 is 11.0. The van der Waals surface area contributed by atoms with Gasteiger partial charge in [-0.1, -0.05) is 29.3 Å². The second-order valence-electron chi connectivity index (χ2n) is 8.67. The van der Waals surface area contributed by atoms with Crippen molar-refractivity contribution in [3.05, 3.63) is 52.0 Å². The Morgan fingerprint density at radius 3 is 2.62 bits per heavy atom. The van der Waals surface area contributed by atoms with Gasteiger partial charge in [0.25, 0.3) is 0 Å². The van der Waals surface area contributed by atoms with Crippen LogP contribution >= 0.6 is 23.2 Å². The zero-order chi connectivity index (χ0) is 22.9. The Hall–Kier alpha value is -2.15. The number of amides is 2. The highest BCUT2D eigenvalue weighted by Gasteiger charge is 2.50. The summed E-state index contributed by atoms with van der Waals surface area (Å²) in [6.07, 6.45) is 3.85. The highest BCUT2D eigenvalue weighted by Crippen LogP contribution is 2.49. The van der Waals surface area contributed by atoms with Gasteiger partial charge in [0, 0.05) is 22.5 Å². The number of benzene rings is 2. The molecule has 0 bridgehead atoms. The van der Waals surface area contributed by atoms with Gasteiger partial charge < -0.3 is 25.0 Å². The number of nitrogens with one attached hydrogen (secondary N) is 2. The third-order valence-electron chi connectivity index (χ3n) is 7.00. The lowest BCUT2D eigenvalue weighted by atomic mass is 9.65. The molecule has 0 aromatic heterocycles. The van der Waals surface area contributed by atoms with E-state index in [2.05, 4.69) is 34.7 Å². The number of fused-ring (bicyclic) bond motifs is 1. The summed E-state index contributed by atoms with van der Waals surface area (Å²) in [5.41, 5.74) is 1.82. The Balaban J connectivity index is 1.49. The number of likely N-dealkylation sites (N-methyl/N-ethyl adjacent to an activating group) is 1. The number of carbonyl (C=O) groups is 1. The number of urea groups is 1. The fourth-order valence-corrected chi connectivity index (χ4v) is 5.67. The van der Waals surface area contributed by atoms with Crippen LogP contribution in [0.3, 0.4) is 0 Å². The van der Waals surface area contributed by atoms with Gasteiger partial charge in [-0.25, -0.2) is 4.79 Å². The molecule has 2 aromatic carbocycles. The van der Waals surface area contributed by atoms with Crippen LogP contribution in [-0.2, 0) is 5.41 Å². The van der Waals surface area contributed by atoms with E-state index >= 15 is 0 Å². The molecule has 2 amide bonds. The highest BCUT2D eigenvalue weighted by atomic mass is 35.5. The predicted octanol–water partition coefficient (Wildman–Crippen LogP) is 5.33. The van der Waals surface area contributed by atoms with Crippen molar-refractivity contribution < 1.29 is 14.3 Å². The van der Waals surface area contributed by atoms with E-state index in [9.17, 15) is 4.79 Å². The Kier molecular flexibility index (Phi) is 6.75. The number of carbonyl (C=O) groups excluding carboxylic acids is 1. The Morgan fingerprint density at radius 1 is 1.09 bits per heavy atom. The van der Waals surface area contributed by atoms with E-state index < -0.39 is 0 Å². The minimum absolute atomic E-state index is 0.0409. The van der Waals surface area contributed by atoms with Crippen molar-refractivity contribution in [1.82, 2.24) is 10.2 Å². The van der Waals surface area contributed by atoms with Gasteiger partial charge in [-0.2, -0.15) is 0 Å². The molecule has 1 saturated carbocycles. The van der Waals surface area contributed by atoms with Crippen LogP contribution in [0.25, 0.3) is 0 Å². The van der Waals surface area contributed by atoms with Gasteiger partial charge >= 0.3 is 6.03 Å². The molecule has 0 radical (unpaired) electrons. The van der Waals surface area contributed by atoms with Gasteiger partial charge in [0.05, 0.1) is 24.9 Å². The maximum absolute atomic E-state index is 12.7. The quantitative estimate of drug-likeness (QED) is 0.610. The van der Waals surface area contributed by atoms with Gasteiger partial charge in [-0.15, -0.1) is 0 Å². The van der Waals surface area contributed by atoms with Crippen molar-refractivity contribution in [3.63, 3.8) is 0 Å². The van der Waals surface area contributed by atoms with Crippen LogP contribution < -0.4 is 20.1 Å². The molecule has 3 atom stereocenters. The summed E-state index contributed by atoms with van der Waals surface area (Å²) in [5.74, 6) is 1.49. The Morgan fingerprint density at radius 2 is 1.88 bits per heavy atom. The number of likely N-dealkylation sites (tertiary alicyclic amines) is 1. The molecule has 1 aliphatic carbocycles. The SMILES string of the molecule is COc1ccc(C23CCC(NC(=O)Nc4cc(Cl)ccc4Cl)CC2N(C)CC3)cc1OC. The smallest absolute Gasteiger partial charge is 0.319 e. The molecule has 1 aliphatic heterocycles. The summed E-state index contributed by atoms with van der Waals surface area (Å²) in [4.78, 5) is 15.1. The summed E-state index contributed by atoms with van der Waals surface area (Å²) in [6, 6.07) is 11.4. The molecular weight excluding hydrogens is 449 g/mol. The lowest BCUT2D eigenvalue weighted by molar-refractivity contribution is 0.156. The molecule has 172 valence electrons. The predicted molar refractivity (Wildman–Crippen MR) is 129 cm³/mol. The van der Waals surface area contributed by atoms with Crippen molar-refractivity contribution in [1.29, 1.82) is 0 Å². The van der Waals surface area contributed by atoms with E-state index in [1.807, 2.05) is 6.07 Å². The minimum atomic E-state index is -0.265. The van der Waals surface area contributed by atoms with Crippen molar-refractivity contribution >= 4 is 34.9 Å². The first-order valence-corrected chi connectivity index (χ1v) is 11.6. The van der Waals surface area contributed by atoms with Crippen LogP contribution in [0.4, 0.5) is 10.5 Å². The first-order valence-electron chi connectivity index (χ1n) is 10.8. The standard InChI is InChI=1S/C24H29Cl2N3O3/c1-29-11-10-24(15-4-7-20(31-2)21(12-15)32-3)9-8-17(14-22(24)29)27-23(30)28-19-13-16(25)5-6-18(19)26/h4-7,12-13,17,22H,8-11,14H2,1-3H3,(H2,27,28,30).